The van der Waals surface area contributed by atoms with Crippen LogP contribution in [-0.4, -0.2) is 25.2 Å². The van der Waals surface area contributed by atoms with Crippen molar-refractivity contribution >= 4 is 44.3 Å². The summed E-state index contributed by atoms with van der Waals surface area (Å²) in [6.07, 6.45) is 8.40. The number of carbonyl (C=O) groups excluding carboxylic acids is 2. The molecule has 7 aromatic rings. The van der Waals surface area contributed by atoms with E-state index in [0.29, 0.717) is 13.2 Å². The summed E-state index contributed by atoms with van der Waals surface area (Å²) in [7, 11) is 0. The summed E-state index contributed by atoms with van der Waals surface area (Å²) in [6.45, 7) is 21.7. The average molecular weight is 805 g/mol. The highest BCUT2D eigenvalue weighted by Crippen LogP contribution is 2.57. The zero-order valence-electron chi connectivity index (χ0n) is 36.2. The molecular weight excluding hydrogens is 749 g/mol. The highest BCUT2D eigenvalue weighted by atomic mass is 16.5. The number of allylic oxidation sites excluding steroid dienone is 1. The maximum absolute atomic E-state index is 11.8. The van der Waals surface area contributed by atoms with Crippen LogP contribution in [0.4, 0.5) is 0 Å². The Morgan fingerprint density at radius 2 is 1.16 bits per heavy atom. The molecule has 1 aliphatic carbocycles. The van der Waals surface area contributed by atoms with Crippen LogP contribution < -0.4 is 0 Å². The lowest BCUT2D eigenvalue weighted by atomic mass is 9.67. The van der Waals surface area contributed by atoms with Gasteiger partial charge in [-0.05, 0) is 138 Å². The minimum atomic E-state index is -0.404. The molecule has 4 nitrogen and oxygen atoms in total. The van der Waals surface area contributed by atoms with Crippen LogP contribution in [0.1, 0.15) is 88.5 Å². The zero-order valence-corrected chi connectivity index (χ0v) is 36.2. The Morgan fingerprint density at radius 1 is 0.607 bits per heavy atom. The molecule has 0 aliphatic heterocycles. The molecule has 0 saturated carbocycles. The van der Waals surface area contributed by atoms with Crippen LogP contribution in [0.15, 0.2) is 147 Å². The zero-order chi connectivity index (χ0) is 42.9. The van der Waals surface area contributed by atoms with Crippen molar-refractivity contribution in [2.45, 2.75) is 83.5 Å². The maximum atomic E-state index is 11.8. The van der Waals surface area contributed by atoms with Crippen molar-refractivity contribution in [3.8, 4) is 33.4 Å². The first-order valence-corrected chi connectivity index (χ1v) is 21.8. The molecule has 0 fully saturated rings. The SMILES string of the molecule is C=CC(=O)OCCCCCC1(C(=C)CC)c2cc(-c3ccc(CCCOC(=O)C=C)cc3)ccc2-c2ccc(-c3ccc4ccc5cc(C(C)(C)C)cc6ccc3c4c56)cc21. The van der Waals surface area contributed by atoms with Gasteiger partial charge in [0.05, 0.1) is 13.2 Å². The summed E-state index contributed by atoms with van der Waals surface area (Å²) >= 11 is 0. The van der Waals surface area contributed by atoms with Crippen LogP contribution in [-0.2, 0) is 36.3 Å². The number of fused-ring (bicyclic) bond motifs is 3. The van der Waals surface area contributed by atoms with Crippen LogP contribution in [0.2, 0.25) is 0 Å². The molecule has 61 heavy (non-hydrogen) atoms. The molecule has 0 aromatic heterocycles. The fourth-order valence-electron chi connectivity index (χ4n) is 9.66. The topological polar surface area (TPSA) is 52.6 Å². The Hall–Kier alpha value is -6.26. The standard InChI is InChI=1S/C57H56O4/c1-8-37(4)57(30-12-11-13-31-60-52(58)9-2)50-35-41(39-18-16-38(17-19-39)15-14-32-61-53(59)10-3)23-27-47(50)48-28-24-42(36-51(48)57)46-26-22-40-20-21-43-33-45(56(5,6)7)34-44-25-29-49(46)55(40)54(43)44/h9-10,16-29,33-36H,2-4,8,11-15,30-32H2,1,5-7H3. The Bertz CT molecular complexity index is 2800. The minimum absolute atomic E-state index is 0.0574. The maximum Gasteiger partial charge on any atom is 0.330 e. The Kier molecular flexibility index (Phi) is 11.6. The third-order valence-corrected chi connectivity index (χ3v) is 13.0. The fraction of sp³-hybridized carbons (Fsp3) is 0.263. The van der Waals surface area contributed by atoms with Gasteiger partial charge in [-0.15, -0.1) is 0 Å². The summed E-state index contributed by atoms with van der Waals surface area (Å²) in [6, 6.07) is 41.4. The van der Waals surface area contributed by atoms with Crippen molar-refractivity contribution in [1.29, 1.82) is 0 Å². The Morgan fingerprint density at radius 3 is 1.80 bits per heavy atom. The van der Waals surface area contributed by atoms with E-state index in [1.165, 1.54) is 100 Å². The number of hydrogen-bond acceptors (Lipinski definition) is 4. The molecule has 7 aromatic carbocycles. The van der Waals surface area contributed by atoms with Gasteiger partial charge in [-0.2, -0.15) is 0 Å². The van der Waals surface area contributed by atoms with Gasteiger partial charge in [0.15, 0.2) is 0 Å². The third-order valence-electron chi connectivity index (χ3n) is 13.0. The van der Waals surface area contributed by atoms with E-state index < -0.39 is 5.41 Å². The van der Waals surface area contributed by atoms with Gasteiger partial charge in [0.1, 0.15) is 0 Å². The van der Waals surface area contributed by atoms with E-state index in [1.807, 2.05) is 0 Å². The number of rotatable bonds is 16. The van der Waals surface area contributed by atoms with Crippen LogP contribution >= 0.6 is 0 Å². The molecule has 4 heteroatoms. The van der Waals surface area contributed by atoms with Crippen molar-refractivity contribution < 1.29 is 19.1 Å². The fourth-order valence-corrected chi connectivity index (χ4v) is 9.66. The first-order valence-electron chi connectivity index (χ1n) is 21.8. The van der Waals surface area contributed by atoms with Gasteiger partial charge < -0.3 is 9.47 Å². The molecule has 1 aliphatic rings. The number of esters is 2. The van der Waals surface area contributed by atoms with Gasteiger partial charge in [0.2, 0.25) is 0 Å². The molecule has 0 spiro atoms. The Balaban J connectivity index is 1.20. The van der Waals surface area contributed by atoms with Gasteiger partial charge in [0, 0.05) is 17.6 Å². The third kappa shape index (κ3) is 7.81. The highest BCUT2D eigenvalue weighted by molar-refractivity contribution is 6.25. The lowest BCUT2D eigenvalue weighted by molar-refractivity contribution is -0.138. The number of carbonyl (C=O) groups is 2. The number of aryl methyl sites for hydroxylation is 1. The lowest BCUT2D eigenvalue weighted by Crippen LogP contribution is -2.27. The number of hydrogen-bond donors (Lipinski definition) is 0. The minimum Gasteiger partial charge on any atom is -0.463 e. The van der Waals surface area contributed by atoms with Crippen LogP contribution in [0, 0.1) is 0 Å². The van der Waals surface area contributed by atoms with Crippen molar-refractivity contribution in [3.63, 3.8) is 0 Å². The molecule has 0 heterocycles. The summed E-state index contributed by atoms with van der Waals surface area (Å²) < 4.78 is 10.5. The predicted octanol–water partition coefficient (Wildman–Crippen LogP) is 14.4. The van der Waals surface area contributed by atoms with Gasteiger partial charge in [0.25, 0.3) is 0 Å². The van der Waals surface area contributed by atoms with E-state index in [9.17, 15) is 9.59 Å². The Labute approximate surface area is 360 Å². The summed E-state index contributed by atoms with van der Waals surface area (Å²) in [5, 5.41) is 7.77. The number of ether oxygens (including phenoxy) is 2. The molecule has 1 unspecified atom stereocenters. The molecular formula is C57H56O4. The second-order valence-corrected chi connectivity index (χ2v) is 17.7. The molecule has 0 bridgehead atoms. The largest absolute Gasteiger partial charge is 0.463 e. The van der Waals surface area contributed by atoms with E-state index in [0.717, 1.165) is 50.5 Å². The van der Waals surface area contributed by atoms with Gasteiger partial charge in [-0.3, -0.25) is 0 Å². The van der Waals surface area contributed by atoms with Crippen LogP contribution in [0.25, 0.3) is 65.7 Å². The van der Waals surface area contributed by atoms with Crippen LogP contribution in [0.5, 0.6) is 0 Å². The number of benzene rings is 7. The molecule has 0 amide bonds. The quantitative estimate of drug-likeness (QED) is 0.0321. The second kappa shape index (κ2) is 17.0. The average Bonchev–Trinajstić information content (AvgIpc) is 3.56. The molecule has 1 atom stereocenters. The van der Waals surface area contributed by atoms with E-state index in [2.05, 4.69) is 150 Å². The summed E-state index contributed by atoms with van der Waals surface area (Å²) in [5.74, 6) is -0.763. The summed E-state index contributed by atoms with van der Waals surface area (Å²) in [5.41, 5.74) is 13.3. The van der Waals surface area contributed by atoms with Crippen molar-refractivity contribution in [3.05, 3.63) is 169 Å². The summed E-state index contributed by atoms with van der Waals surface area (Å²) in [4.78, 5) is 23.2. The first kappa shape index (κ1) is 41.5. The molecule has 8 rings (SSSR count). The van der Waals surface area contributed by atoms with Crippen molar-refractivity contribution in [2.75, 3.05) is 13.2 Å². The van der Waals surface area contributed by atoms with Gasteiger partial charge >= 0.3 is 11.9 Å². The molecule has 0 saturated heterocycles. The van der Waals surface area contributed by atoms with Crippen molar-refractivity contribution in [1.82, 2.24) is 0 Å². The normalized spacial score (nSPS) is 14.6. The first-order chi connectivity index (χ1) is 29.5. The van der Waals surface area contributed by atoms with E-state index in [-0.39, 0.29) is 17.4 Å². The molecule has 0 N–H and O–H groups in total. The van der Waals surface area contributed by atoms with Gasteiger partial charge in [-0.25, -0.2) is 9.59 Å². The van der Waals surface area contributed by atoms with E-state index >= 15 is 0 Å². The van der Waals surface area contributed by atoms with E-state index in [1.54, 1.807) is 0 Å². The smallest absolute Gasteiger partial charge is 0.330 e. The second-order valence-electron chi connectivity index (χ2n) is 17.7. The monoisotopic (exact) mass is 804 g/mol. The predicted molar refractivity (Wildman–Crippen MR) is 254 cm³/mol. The van der Waals surface area contributed by atoms with Crippen LogP contribution in [0.3, 0.4) is 0 Å². The molecule has 0 radical (unpaired) electrons. The van der Waals surface area contributed by atoms with Crippen molar-refractivity contribution in [2.24, 2.45) is 0 Å². The lowest BCUT2D eigenvalue weighted by Gasteiger charge is -2.35. The van der Waals surface area contributed by atoms with Gasteiger partial charge in [-0.1, -0.05) is 163 Å². The molecule has 308 valence electrons. The number of unbranched alkanes of at least 4 members (excludes halogenated alkanes) is 2. The van der Waals surface area contributed by atoms with E-state index in [4.69, 9.17) is 16.1 Å². The highest BCUT2D eigenvalue weighted by Gasteiger charge is 2.44.